The Hall–Kier alpha value is 1.05. The molecule has 0 aromatic carbocycles. The molecule has 0 rings (SSSR count). The highest BCUT2D eigenvalue weighted by Crippen LogP contribution is 2.41. The highest BCUT2D eigenvalue weighted by Gasteiger charge is 2.42. The molecule has 0 saturated carbocycles. The Kier molecular flexibility index (Phi) is 4.84. The molecule has 0 spiro atoms. The van der Waals surface area contributed by atoms with Gasteiger partial charge in [-0.25, -0.2) is 0 Å². The molecule has 0 bridgehead atoms. The third kappa shape index (κ3) is 4.27. The lowest BCUT2D eigenvalue weighted by molar-refractivity contribution is 0.203. The number of hydrogen-bond donors (Lipinski definition) is 0. The standard InChI is InChI=1S/C9H19Cl3OSi/c1-7(9(10,11)12)13-14(5,6)8(2,3)4/h7H,1-6H3. The minimum Gasteiger partial charge on any atom is -0.410 e. The third-order valence-electron chi connectivity index (χ3n) is 2.74. The first-order chi connectivity index (χ1) is 5.88. The van der Waals surface area contributed by atoms with Gasteiger partial charge >= 0.3 is 0 Å². The van der Waals surface area contributed by atoms with Crippen molar-refractivity contribution in [3.05, 3.63) is 0 Å². The van der Waals surface area contributed by atoms with E-state index in [9.17, 15) is 0 Å². The van der Waals surface area contributed by atoms with Gasteiger partial charge < -0.3 is 4.43 Å². The van der Waals surface area contributed by atoms with Gasteiger partial charge in [0.05, 0.1) is 6.10 Å². The first-order valence-corrected chi connectivity index (χ1v) is 8.66. The summed E-state index contributed by atoms with van der Waals surface area (Å²) >= 11 is 17.3. The van der Waals surface area contributed by atoms with Crippen LogP contribution in [0.15, 0.2) is 0 Å². The lowest BCUT2D eigenvalue weighted by Crippen LogP contribution is -2.46. The zero-order valence-corrected chi connectivity index (χ0v) is 12.9. The third-order valence-corrected chi connectivity index (χ3v) is 8.22. The van der Waals surface area contributed by atoms with Crippen LogP contribution in [0.3, 0.4) is 0 Å². The van der Waals surface area contributed by atoms with Gasteiger partial charge in [0, 0.05) is 0 Å². The molecule has 0 fully saturated rings. The smallest absolute Gasteiger partial charge is 0.214 e. The molecule has 0 aliphatic carbocycles. The molecule has 0 aromatic heterocycles. The van der Waals surface area contributed by atoms with E-state index in [2.05, 4.69) is 33.9 Å². The van der Waals surface area contributed by atoms with E-state index < -0.39 is 12.1 Å². The van der Waals surface area contributed by atoms with Crippen molar-refractivity contribution in [3.8, 4) is 0 Å². The zero-order chi connectivity index (χ0) is 11.8. The van der Waals surface area contributed by atoms with Crippen LogP contribution in [0, 0.1) is 0 Å². The summed E-state index contributed by atoms with van der Waals surface area (Å²) in [6.07, 6.45) is -0.367. The molecule has 1 unspecified atom stereocenters. The minimum absolute atomic E-state index is 0.136. The van der Waals surface area contributed by atoms with Gasteiger partial charge in [-0.15, -0.1) is 0 Å². The second kappa shape index (κ2) is 4.50. The molecule has 0 aliphatic rings. The average Bonchev–Trinajstić information content (AvgIpc) is 1.80. The maximum atomic E-state index is 5.91. The van der Waals surface area contributed by atoms with E-state index in [1.165, 1.54) is 0 Å². The van der Waals surface area contributed by atoms with Gasteiger partial charge in [0.15, 0.2) is 8.32 Å². The molecule has 0 radical (unpaired) electrons. The highest BCUT2D eigenvalue weighted by molar-refractivity contribution is 6.74. The molecular formula is C9H19Cl3OSi. The summed E-state index contributed by atoms with van der Waals surface area (Å²) in [6.45, 7) is 12.5. The quantitative estimate of drug-likeness (QED) is 0.522. The van der Waals surface area contributed by atoms with Crippen molar-refractivity contribution in [3.63, 3.8) is 0 Å². The molecule has 14 heavy (non-hydrogen) atoms. The van der Waals surface area contributed by atoms with Crippen LogP contribution in [-0.2, 0) is 4.43 Å². The Morgan fingerprint density at radius 1 is 1.07 bits per heavy atom. The van der Waals surface area contributed by atoms with Crippen LogP contribution >= 0.6 is 34.8 Å². The van der Waals surface area contributed by atoms with Crippen molar-refractivity contribution in [2.45, 2.75) is 55.7 Å². The molecule has 0 aliphatic heterocycles. The van der Waals surface area contributed by atoms with Crippen LogP contribution in [0.25, 0.3) is 0 Å². The van der Waals surface area contributed by atoms with Gasteiger partial charge in [-0.2, -0.15) is 0 Å². The predicted octanol–water partition coefficient (Wildman–Crippen LogP) is 4.77. The molecule has 0 N–H and O–H groups in total. The van der Waals surface area contributed by atoms with Gasteiger partial charge in [0.1, 0.15) is 0 Å². The number of alkyl halides is 3. The number of hydrogen-bond acceptors (Lipinski definition) is 1. The summed E-state index contributed by atoms with van der Waals surface area (Å²) in [6, 6.07) is 0. The second-order valence-electron chi connectivity index (χ2n) is 5.06. The van der Waals surface area contributed by atoms with Crippen molar-refractivity contribution in [1.29, 1.82) is 0 Å². The lowest BCUT2D eigenvalue weighted by Gasteiger charge is -2.39. The molecule has 0 aromatic rings. The number of rotatable bonds is 2. The fourth-order valence-corrected chi connectivity index (χ4v) is 2.46. The first-order valence-electron chi connectivity index (χ1n) is 4.62. The Bertz CT molecular complexity index is 193. The fourth-order valence-electron chi connectivity index (χ4n) is 0.686. The average molecular weight is 278 g/mol. The summed E-state index contributed by atoms with van der Waals surface area (Å²) in [4.78, 5) is 0. The summed E-state index contributed by atoms with van der Waals surface area (Å²) in [7, 11) is -1.83. The van der Waals surface area contributed by atoms with Gasteiger partial charge in [-0.1, -0.05) is 55.6 Å². The number of halogens is 3. The summed E-state index contributed by atoms with van der Waals surface area (Å²) in [5, 5.41) is 0.136. The topological polar surface area (TPSA) is 9.23 Å². The summed E-state index contributed by atoms with van der Waals surface area (Å²) < 4.78 is 4.57. The fraction of sp³-hybridized carbons (Fsp3) is 1.00. The zero-order valence-electron chi connectivity index (χ0n) is 9.62. The maximum absolute atomic E-state index is 5.91. The molecule has 0 heterocycles. The molecular weight excluding hydrogens is 259 g/mol. The first kappa shape index (κ1) is 15.0. The van der Waals surface area contributed by atoms with Crippen LogP contribution in [0.4, 0.5) is 0 Å². The Balaban J connectivity index is 4.53. The van der Waals surface area contributed by atoms with E-state index in [-0.39, 0.29) is 11.1 Å². The van der Waals surface area contributed by atoms with E-state index in [1.807, 2.05) is 0 Å². The molecule has 86 valence electrons. The van der Waals surface area contributed by atoms with Gasteiger partial charge in [-0.3, -0.25) is 0 Å². The van der Waals surface area contributed by atoms with Gasteiger partial charge in [-0.05, 0) is 25.1 Å². The Labute approximate surface area is 103 Å². The van der Waals surface area contributed by atoms with Crippen LogP contribution in [0.2, 0.25) is 18.1 Å². The molecule has 0 saturated heterocycles. The van der Waals surface area contributed by atoms with E-state index in [4.69, 9.17) is 39.2 Å². The van der Waals surface area contributed by atoms with Gasteiger partial charge in [0.2, 0.25) is 3.79 Å². The van der Waals surface area contributed by atoms with Crippen LogP contribution in [0.5, 0.6) is 0 Å². The van der Waals surface area contributed by atoms with Crippen LogP contribution in [-0.4, -0.2) is 18.2 Å². The van der Waals surface area contributed by atoms with Crippen molar-refractivity contribution in [2.75, 3.05) is 0 Å². The van der Waals surface area contributed by atoms with Crippen molar-refractivity contribution in [1.82, 2.24) is 0 Å². The SMILES string of the molecule is CC(O[Si](C)(C)C(C)(C)C)C(Cl)(Cl)Cl. The van der Waals surface area contributed by atoms with E-state index in [0.717, 1.165) is 0 Å². The van der Waals surface area contributed by atoms with Crippen molar-refractivity contribution in [2.24, 2.45) is 0 Å². The lowest BCUT2D eigenvalue weighted by atomic mass is 10.2. The summed E-state index contributed by atoms with van der Waals surface area (Å²) in [5.41, 5.74) is 0. The Morgan fingerprint density at radius 2 is 1.43 bits per heavy atom. The summed E-state index contributed by atoms with van der Waals surface area (Å²) in [5.74, 6) is 0. The largest absolute Gasteiger partial charge is 0.410 e. The Morgan fingerprint density at radius 3 is 1.64 bits per heavy atom. The second-order valence-corrected chi connectivity index (χ2v) is 12.2. The highest BCUT2D eigenvalue weighted by atomic mass is 35.6. The van der Waals surface area contributed by atoms with Crippen molar-refractivity contribution >= 4 is 43.1 Å². The molecule has 1 atom stereocenters. The minimum atomic E-state index is -1.83. The van der Waals surface area contributed by atoms with E-state index >= 15 is 0 Å². The monoisotopic (exact) mass is 276 g/mol. The van der Waals surface area contributed by atoms with E-state index in [0.29, 0.717) is 0 Å². The molecule has 1 nitrogen and oxygen atoms in total. The van der Waals surface area contributed by atoms with Crippen molar-refractivity contribution < 1.29 is 4.43 Å². The van der Waals surface area contributed by atoms with Crippen LogP contribution in [0.1, 0.15) is 27.7 Å². The molecule has 0 amide bonds. The molecule has 5 heteroatoms. The normalized spacial score (nSPS) is 16.9. The maximum Gasteiger partial charge on any atom is 0.214 e. The predicted molar refractivity (Wildman–Crippen MR) is 68.0 cm³/mol. The van der Waals surface area contributed by atoms with E-state index in [1.54, 1.807) is 6.92 Å². The van der Waals surface area contributed by atoms with Crippen LogP contribution < -0.4 is 0 Å². The van der Waals surface area contributed by atoms with Gasteiger partial charge in [0.25, 0.3) is 0 Å².